The van der Waals surface area contributed by atoms with Crippen molar-refractivity contribution in [1.29, 1.82) is 0 Å². The zero-order chi connectivity index (χ0) is 13.3. The summed E-state index contributed by atoms with van der Waals surface area (Å²) in [5.41, 5.74) is -0.0565. The summed E-state index contributed by atoms with van der Waals surface area (Å²) in [6, 6.07) is 5.75. The number of aldehydes is 1. The molecule has 0 aliphatic heterocycles. The van der Waals surface area contributed by atoms with Crippen LogP contribution in [-0.4, -0.2) is 15.8 Å². The largest absolute Gasteiger partial charge is 0.450 e. The maximum atomic E-state index is 12.8. The highest BCUT2D eigenvalue weighted by molar-refractivity contribution is 6.30. The van der Waals surface area contributed by atoms with Crippen molar-refractivity contribution in [2.24, 2.45) is 0 Å². The Balaban J connectivity index is 2.68. The fourth-order valence-electron chi connectivity index (χ4n) is 1.53. The average Bonchev–Trinajstić information content (AvgIpc) is 2.72. The molecule has 0 N–H and O–H groups in total. The molecule has 0 aliphatic rings. The maximum absolute atomic E-state index is 12.8. The van der Waals surface area contributed by atoms with Crippen molar-refractivity contribution in [2.45, 2.75) is 6.18 Å². The van der Waals surface area contributed by atoms with E-state index in [4.69, 9.17) is 11.6 Å². The van der Waals surface area contributed by atoms with Gasteiger partial charge in [-0.3, -0.25) is 9.36 Å². The number of halogens is 4. The first-order chi connectivity index (χ1) is 8.43. The molecule has 0 fully saturated rings. The van der Waals surface area contributed by atoms with Crippen molar-refractivity contribution in [2.75, 3.05) is 0 Å². The van der Waals surface area contributed by atoms with Crippen LogP contribution in [0.25, 0.3) is 5.69 Å². The Morgan fingerprint density at radius 1 is 1.33 bits per heavy atom. The summed E-state index contributed by atoms with van der Waals surface area (Å²) in [6.07, 6.45) is -3.47. The fraction of sp³-hybridized carbons (Fsp3) is 0.0909. The molecule has 2 rings (SSSR count). The van der Waals surface area contributed by atoms with Gasteiger partial charge in [0.15, 0.2) is 6.29 Å². The number of nitrogens with zero attached hydrogens (tertiary/aromatic N) is 2. The van der Waals surface area contributed by atoms with Crippen LogP contribution >= 0.6 is 11.6 Å². The first-order valence-corrected chi connectivity index (χ1v) is 5.17. The van der Waals surface area contributed by atoms with Gasteiger partial charge in [0.05, 0.1) is 6.20 Å². The van der Waals surface area contributed by atoms with Gasteiger partial charge in [-0.2, -0.15) is 13.2 Å². The molecule has 0 radical (unpaired) electrons. The SMILES string of the molecule is O=Cc1cnc(C(F)(F)F)n1-c1cccc(Cl)c1. The van der Waals surface area contributed by atoms with E-state index in [0.29, 0.717) is 6.29 Å². The van der Waals surface area contributed by atoms with Gasteiger partial charge in [0.2, 0.25) is 5.82 Å². The lowest BCUT2D eigenvalue weighted by atomic mass is 10.3. The number of hydrogen-bond acceptors (Lipinski definition) is 2. The van der Waals surface area contributed by atoms with Crippen LogP contribution in [0.4, 0.5) is 13.2 Å². The van der Waals surface area contributed by atoms with Gasteiger partial charge in [-0.15, -0.1) is 0 Å². The van der Waals surface area contributed by atoms with Crippen molar-refractivity contribution in [3.8, 4) is 5.69 Å². The third kappa shape index (κ3) is 2.24. The van der Waals surface area contributed by atoms with E-state index in [2.05, 4.69) is 4.98 Å². The average molecular weight is 275 g/mol. The van der Waals surface area contributed by atoms with E-state index in [1.54, 1.807) is 0 Å². The van der Waals surface area contributed by atoms with Gasteiger partial charge in [0.1, 0.15) is 5.69 Å². The molecule has 0 atom stereocenters. The summed E-state index contributed by atoms with van der Waals surface area (Å²) in [5, 5.41) is 0.270. The molecule has 0 saturated heterocycles. The number of imidazole rings is 1. The summed E-state index contributed by atoms with van der Waals surface area (Å²) >= 11 is 5.72. The molecule has 94 valence electrons. The molecule has 3 nitrogen and oxygen atoms in total. The topological polar surface area (TPSA) is 34.9 Å². The van der Waals surface area contributed by atoms with Crippen molar-refractivity contribution < 1.29 is 18.0 Å². The number of hydrogen-bond donors (Lipinski definition) is 0. The van der Waals surface area contributed by atoms with Crippen LogP contribution in [0, 0.1) is 0 Å². The van der Waals surface area contributed by atoms with Crippen molar-refractivity contribution >= 4 is 17.9 Å². The second-order valence-electron chi connectivity index (χ2n) is 3.44. The highest BCUT2D eigenvalue weighted by Gasteiger charge is 2.37. The second-order valence-corrected chi connectivity index (χ2v) is 3.87. The predicted molar refractivity (Wildman–Crippen MR) is 59.0 cm³/mol. The fourth-order valence-corrected chi connectivity index (χ4v) is 1.72. The van der Waals surface area contributed by atoms with E-state index < -0.39 is 12.0 Å². The van der Waals surface area contributed by atoms with E-state index in [-0.39, 0.29) is 16.4 Å². The Hall–Kier alpha value is -1.82. The molecule has 0 aliphatic carbocycles. The van der Waals surface area contributed by atoms with E-state index >= 15 is 0 Å². The van der Waals surface area contributed by atoms with Crippen LogP contribution in [-0.2, 0) is 6.18 Å². The number of rotatable bonds is 2. The number of alkyl halides is 3. The molecule has 1 aromatic carbocycles. The Bertz CT molecular complexity index is 592. The minimum absolute atomic E-state index is 0.134. The third-order valence-electron chi connectivity index (χ3n) is 2.23. The van der Waals surface area contributed by atoms with Gasteiger partial charge in [-0.1, -0.05) is 17.7 Å². The van der Waals surface area contributed by atoms with Gasteiger partial charge in [0.25, 0.3) is 0 Å². The Morgan fingerprint density at radius 2 is 2.06 bits per heavy atom. The van der Waals surface area contributed by atoms with Crippen LogP contribution in [0.15, 0.2) is 30.5 Å². The Kier molecular flexibility index (Phi) is 3.13. The summed E-state index contributed by atoms with van der Waals surface area (Å²) < 4.78 is 39.0. The van der Waals surface area contributed by atoms with Crippen molar-refractivity contribution in [3.63, 3.8) is 0 Å². The lowest BCUT2D eigenvalue weighted by molar-refractivity contribution is -0.145. The Labute approximate surface area is 105 Å². The second kappa shape index (κ2) is 4.45. The van der Waals surface area contributed by atoms with Crippen LogP contribution in [0.2, 0.25) is 5.02 Å². The molecule has 0 unspecified atom stereocenters. The molecule has 7 heteroatoms. The summed E-state index contributed by atoms with van der Waals surface area (Å²) in [7, 11) is 0. The molecular weight excluding hydrogens is 269 g/mol. The molecule has 0 spiro atoms. The van der Waals surface area contributed by atoms with E-state index in [9.17, 15) is 18.0 Å². The lowest BCUT2D eigenvalue weighted by Gasteiger charge is -2.11. The van der Waals surface area contributed by atoms with Crippen LogP contribution in [0.1, 0.15) is 16.3 Å². The monoisotopic (exact) mass is 274 g/mol. The standard InChI is InChI=1S/C11H6ClF3N2O/c12-7-2-1-3-8(4-7)17-9(6-18)5-16-10(17)11(13,14)15/h1-6H. The van der Waals surface area contributed by atoms with E-state index in [1.807, 2.05) is 0 Å². The quantitative estimate of drug-likeness (QED) is 0.787. The molecule has 0 saturated carbocycles. The van der Waals surface area contributed by atoms with E-state index in [0.717, 1.165) is 10.8 Å². The van der Waals surface area contributed by atoms with Gasteiger partial charge in [0, 0.05) is 10.7 Å². The van der Waals surface area contributed by atoms with Crippen LogP contribution in [0.5, 0.6) is 0 Å². The van der Waals surface area contributed by atoms with Gasteiger partial charge >= 0.3 is 6.18 Å². The highest BCUT2D eigenvalue weighted by Crippen LogP contribution is 2.31. The van der Waals surface area contributed by atoms with Gasteiger partial charge in [-0.05, 0) is 18.2 Å². The first kappa shape index (κ1) is 12.6. The minimum Gasteiger partial charge on any atom is -0.296 e. The Morgan fingerprint density at radius 3 is 2.61 bits per heavy atom. The molecule has 1 aromatic heterocycles. The predicted octanol–water partition coefficient (Wildman–Crippen LogP) is 3.36. The molecule has 2 aromatic rings. The minimum atomic E-state index is -4.65. The van der Waals surface area contributed by atoms with Crippen molar-refractivity contribution in [1.82, 2.24) is 9.55 Å². The number of carbonyl (C=O) groups excluding carboxylic acids is 1. The first-order valence-electron chi connectivity index (χ1n) is 4.79. The molecule has 0 amide bonds. The summed E-state index contributed by atoms with van der Waals surface area (Å²) in [6.45, 7) is 0. The maximum Gasteiger partial charge on any atom is 0.450 e. The van der Waals surface area contributed by atoms with Gasteiger partial charge < -0.3 is 0 Å². The highest BCUT2D eigenvalue weighted by atomic mass is 35.5. The van der Waals surface area contributed by atoms with Crippen LogP contribution < -0.4 is 0 Å². The zero-order valence-corrected chi connectivity index (χ0v) is 9.53. The summed E-state index contributed by atoms with van der Waals surface area (Å²) in [4.78, 5) is 14.0. The molecule has 18 heavy (non-hydrogen) atoms. The third-order valence-corrected chi connectivity index (χ3v) is 2.46. The number of aromatic nitrogens is 2. The zero-order valence-electron chi connectivity index (χ0n) is 8.78. The smallest absolute Gasteiger partial charge is 0.296 e. The number of benzene rings is 1. The van der Waals surface area contributed by atoms with Crippen LogP contribution in [0.3, 0.4) is 0 Å². The van der Waals surface area contributed by atoms with Crippen molar-refractivity contribution in [3.05, 3.63) is 47.0 Å². The normalized spacial score (nSPS) is 11.6. The number of carbonyl (C=O) groups is 1. The lowest BCUT2D eigenvalue weighted by Crippen LogP contribution is -2.15. The van der Waals surface area contributed by atoms with Gasteiger partial charge in [-0.25, -0.2) is 4.98 Å². The molecule has 1 heterocycles. The van der Waals surface area contributed by atoms with E-state index in [1.165, 1.54) is 24.3 Å². The molecular formula is C11H6ClF3N2O. The molecule has 0 bridgehead atoms. The summed E-state index contributed by atoms with van der Waals surface area (Å²) in [5.74, 6) is -1.16.